The highest BCUT2D eigenvalue weighted by Crippen LogP contribution is 2.42. The summed E-state index contributed by atoms with van der Waals surface area (Å²) in [5.41, 5.74) is 2.01. The van der Waals surface area contributed by atoms with Crippen LogP contribution in [0.3, 0.4) is 0 Å². The van der Waals surface area contributed by atoms with Gasteiger partial charge in [0.15, 0.2) is 23.0 Å². The number of benzene rings is 4. The molecule has 4 rings (SSSR count). The molecule has 0 saturated heterocycles. The molecule has 0 radical (unpaired) electrons. The van der Waals surface area contributed by atoms with E-state index in [4.69, 9.17) is 18.9 Å². The lowest BCUT2D eigenvalue weighted by molar-refractivity contribution is -0.384. The van der Waals surface area contributed by atoms with Crippen LogP contribution in [0.5, 0.6) is 23.0 Å². The highest BCUT2D eigenvalue weighted by atomic mass is 16.6. The highest BCUT2D eigenvalue weighted by molar-refractivity contribution is 5.91. The topological polar surface area (TPSA) is 80.1 Å². The average Bonchev–Trinajstić information content (AvgIpc) is 2.86. The van der Waals surface area contributed by atoms with Gasteiger partial charge in [-0.15, -0.1) is 0 Å². The minimum Gasteiger partial charge on any atom is -0.493 e. The molecule has 0 N–H and O–H groups in total. The predicted octanol–water partition coefficient (Wildman–Crippen LogP) is 6.02. The second kappa shape index (κ2) is 9.48. The molecule has 168 valence electrons. The molecule has 0 fully saturated rings. The Morgan fingerprint density at radius 3 is 2.00 bits per heavy atom. The maximum absolute atomic E-state index is 11.9. The zero-order chi connectivity index (χ0) is 23.4. The third-order valence-corrected chi connectivity index (χ3v) is 5.37. The number of hydrogen-bond acceptors (Lipinski definition) is 6. The Labute approximate surface area is 191 Å². The third-order valence-electron chi connectivity index (χ3n) is 5.37. The molecule has 0 aliphatic heterocycles. The minimum absolute atomic E-state index is 0.0706. The van der Waals surface area contributed by atoms with Gasteiger partial charge < -0.3 is 18.9 Å². The largest absolute Gasteiger partial charge is 0.493 e. The fourth-order valence-electron chi connectivity index (χ4n) is 3.68. The highest BCUT2D eigenvalue weighted by Gasteiger charge is 2.22. The van der Waals surface area contributed by atoms with E-state index in [9.17, 15) is 10.1 Å². The van der Waals surface area contributed by atoms with Crippen molar-refractivity contribution in [2.24, 2.45) is 0 Å². The molecule has 0 atom stereocenters. The van der Waals surface area contributed by atoms with Crippen molar-refractivity contribution in [3.8, 4) is 34.1 Å². The van der Waals surface area contributed by atoms with Crippen LogP contribution in [0.2, 0.25) is 0 Å². The number of nitrogens with zero attached hydrogens (tertiary/aromatic N) is 1. The molecule has 0 bridgehead atoms. The van der Waals surface area contributed by atoms with Crippen molar-refractivity contribution < 1.29 is 23.9 Å². The van der Waals surface area contributed by atoms with Crippen molar-refractivity contribution in [2.45, 2.75) is 6.61 Å². The van der Waals surface area contributed by atoms with E-state index in [-0.39, 0.29) is 5.69 Å². The summed E-state index contributed by atoms with van der Waals surface area (Å²) in [6.45, 7) is 0.309. The maximum atomic E-state index is 11.9. The van der Waals surface area contributed by atoms with Gasteiger partial charge in [-0.2, -0.15) is 0 Å². The monoisotopic (exact) mass is 445 g/mol. The summed E-state index contributed by atoms with van der Waals surface area (Å²) in [5, 5.41) is 13.7. The molecule has 4 aromatic carbocycles. The molecule has 0 spiro atoms. The average molecular weight is 445 g/mol. The summed E-state index contributed by atoms with van der Waals surface area (Å²) in [7, 11) is 4.61. The fourth-order valence-corrected chi connectivity index (χ4v) is 3.68. The van der Waals surface area contributed by atoms with E-state index in [1.54, 1.807) is 20.3 Å². The van der Waals surface area contributed by atoms with Crippen molar-refractivity contribution in [3.05, 3.63) is 88.5 Å². The molecule has 7 heteroatoms. The SMILES string of the molecule is COc1cc2ccc(-c3cc(OCc4ccccc4)c(OC)cc3[N+](=O)[O-])cc2cc1OC. The van der Waals surface area contributed by atoms with E-state index in [1.165, 1.54) is 13.2 Å². The Morgan fingerprint density at radius 1 is 0.727 bits per heavy atom. The van der Waals surface area contributed by atoms with Gasteiger partial charge in [0.2, 0.25) is 0 Å². The van der Waals surface area contributed by atoms with Crippen LogP contribution in [0.4, 0.5) is 5.69 Å². The number of hydrogen-bond donors (Lipinski definition) is 0. The van der Waals surface area contributed by atoms with Gasteiger partial charge in [-0.05, 0) is 46.2 Å². The molecule has 0 aromatic heterocycles. The molecule has 0 amide bonds. The minimum atomic E-state index is -0.419. The molecule has 0 aliphatic carbocycles. The third kappa shape index (κ3) is 4.52. The zero-order valence-electron chi connectivity index (χ0n) is 18.5. The summed E-state index contributed by atoms with van der Waals surface area (Å²) in [6.07, 6.45) is 0. The van der Waals surface area contributed by atoms with Crippen LogP contribution in [-0.4, -0.2) is 26.3 Å². The molecule has 0 aliphatic rings. The van der Waals surface area contributed by atoms with Crippen molar-refractivity contribution in [1.29, 1.82) is 0 Å². The molecule has 4 aromatic rings. The molecule has 0 saturated carbocycles. The van der Waals surface area contributed by atoms with Gasteiger partial charge in [0.1, 0.15) is 6.61 Å². The lowest BCUT2D eigenvalue weighted by Crippen LogP contribution is -2.00. The van der Waals surface area contributed by atoms with Crippen LogP contribution in [0.15, 0.2) is 72.8 Å². The Morgan fingerprint density at radius 2 is 1.36 bits per heavy atom. The quantitative estimate of drug-likeness (QED) is 0.244. The van der Waals surface area contributed by atoms with Gasteiger partial charge in [-0.3, -0.25) is 10.1 Å². The van der Waals surface area contributed by atoms with Crippen LogP contribution in [0.1, 0.15) is 5.56 Å². The van der Waals surface area contributed by atoms with E-state index in [1.807, 2.05) is 60.7 Å². The lowest BCUT2D eigenvalue weighted by atomic mass is 9.99. The first-order valence-corrected chi connectivity index (χ1v) is 10.2. The van der Waals surface area contributed by atoms with E-state index in [0.29, 0.717) is 40.7 Å². The number of nitro groups is 1. The van der Waals surface area contributed by atoms with Crippen LogP contribution >= 0.6 is 0 Å². The van der Waals surface area contributed by atoms with Gasteiger partial charge in [0.05, 0.1) is 37.9 Å². The second-order valence-corrected chi connectivity index (χ2v) is 7.32. The summed E-state index contributed by atoms with van der Waals surface area (Å²) < 4.78 is 22.1. The van der Waals surface area contributed by atoms with Gasteiger partial charge in [0.25, 0.3) is 5.69 Å². The van der Waals surface area contributed by atoms with Crippen LogP contribution in [-0.2, 0) is 6.61 Å². The van der Waals surface area contributed by atoms with E-state index < -0.39 is 4.92 Å². The number of fused-ring (bicyclic) bond motifs is 1. The molecule has 0 heterocycles. The van der Waals surface area contributed by atoms with Crippen LogP contribution < -0.4 is 18.9 Å². The summed E-state index contributed by atoms with van der Waals surface area (Å²) in [4.78, 5) is 11.5. The fraction of sp³-hybridized carbons (Fsp3) is 0.154. The first-order chi connectivity index (χ1) is 16.0. The van der Waals surface area contributed by atoms with Crippen LogP contribution in [0, 0.1) is 10.1 Å². The lowest BCUT2D eigenvalue weighted by Gasteiger charge is -2.14. The zero-order valence-corrected chi connectivity index (χ0v) is 18.5. The van der Waals surface area contributed by atoms with E-state index >= 15 is 0 Å². The van der Waals surface area contributed by atoms with Crippen molar-refractivity contribution in [2.75, 3.05) is 21.3 Å². The van der Waals surface area contributed by atoms with Crippen molar-refractivity contribution in [1.82, 2.24) is 0 Å². The van der Waals surface area contributed by atoms with Gasteiger partial charge in [0, 0.05) is 0 Å². The smallest absolute Gasteiger partial charge is 0.281 e. The molecule has 7 nitrogen and oxygen atoms in total. The Balaban J connectivity index is 1.80. The first kappa shape index (κ1) is 22.0. The Bertz CT molecular complexity index is 1300. The van der Waals surface area contributed by atoms with E-state index in [2.05, 4.69) is 0 Å². The first-order valence-electron chi connectivity index (χ1n) is 10.2. The van der Waals surface area contributed by atoms with E-state index in [0.717, 1.165) is 16.3 Å². The Kier molecular flexibility index (Phi) is 6.31. The standard InChI is InChI=1S/C26H23NO6/c1-30-23-12-18-9-10-19(11-20(18)13-24(23)31-2)21-14-26(25(32-3)15-22(21)27(28)29)33-16-17-7-5-4-6-8-17/h4-15H,16H2,1-3H3. The molecule has 33 heavy (non-hydrogen) atoms. The maximum Gasteiger partial charge on any atom is 0.281 e. The summed E-state index contributed by atoms with van der Waals surface area (Å²) >= 11 is 0. The molecular weight excluding hydrogens is 422 g/mol. The number of methoxy groups -OCH3 is 3. The predicted molar refractivity (Wildman–Crippen MR) is 126 cm³/mol. The van der Waals surface area contributed by atoms with Gasteiger partial charge in [-0.1, -0.05) is 42.5 Å². The normalized spacial score (nSPS) is 10.6. The van der Waals surface area contributed by atoms with Gasteiger partial charge in [-0.25, -0.2) is 0 Å². The van der Waals surface area contributed by atoms with Crippen molar-refractivity contribution in [3.63, 3.8) is 0 Å². The summed E-state index contributed by atoms with van der Waals surface area (Å²) in [5.74, 6) is 1.92. The summed E-state index contributed by atoms with van der Waals surface area (Å²) in [6, 6.07) is 22.1. The number of nitro benzene ring substituents is 1. The second-order valence-electron chi connectivity index (χ2n) is 7.32. The number of ether oxygens (including phenoxy) is 4. The van der Waals surface area contributed by atoms with Gasteiger partial charge >= 0.3 is 0 Å². The Hall–Kier alpha value is -4.26. The number of rotatable bonds is 8. The molecular formula is C26H23NO6. The van der Waals surface area contributed by atoms with Crippen molar-refractivity contribution >= 4 is 16.5 Å². The van der Waals surface area contributed by atoms with Crippen LogP contribution in [0.25, 0.3) is 21.9 Å². The molecule has 0 unspecified atom stereocenters.